The molecule has 0 amide bonds. The lowest BCUT2D eigenvalue weighted by Gasteiger charge is -2.36. The molecule has 0 aromatic heterocycles. The van der Waals surface area contributed by atoms with Gasteiger partial charge in [-0.3, -0.25) is 10.1 Å². The van der Waals surface area contributed by atoms with Crippen molar-refractivity contribution in [3.05, 3.63) is 28.3 Å². The highest BCUT2D eigenvalue weighted by molar-refractivity contribution is 7.89. The van der Waals surface area contributed by atoms with Crippen molar-refractivity contribution in [1.82, 2.24) is 9.21 Å². The maximum Gasteiger partial charge on any atom is 0.291 e. The van der Waals surface area contributed by atoms with Gasteiger partial charge in [0.05, 0.1) is 4.92 Å². The van der Waals surface area contributed by atoms with Crippen LogP contribution in [0.4, 0.5) is 11.4 Å². The second kappa shape index (κ2) is 5.58. The summed E-state index contributed by atoms with van der Waals surface area (Å²) in [6, 6.07) is 3.69. The molecule has 1 aromatic carbocycles. The van der Waals surface area contributed by atoms with Gasteiger partial charge in [-0.15, -0.1) is 0 Å². The Morgan fingerprint density at radius 2 is 2.05 bits per heavy atom. The summed E-state index contributed by atoms with van der Waals surface area (Å²) in [5, 5.41) is 11.1. The van der Waals surface area contributed by atoms with Crippen LogP contribution in [0.3, 0.4) is 0 Å². The average Bonchev–Trinajstić information content (AvgIpc) is 2.41. The quantitative estimate of drug-likeness (QED) is 0.494. The largest absolute Gasteiger partial charge is 0.399 e. The van der Waals surface area contributed by atoms with E-state index in [2.05, 4.69) is 0 Å². The molecule has 2 rings (SSSR count). The van der Waals surface area contributed by atoms with E-state index in [-0.39, 0.29) is 16.6 Å². The third-order valence-electron chi connectivity index (χ3n) is 3.72. The van der Waals surface area contributed by atoms with Gasteiger partial charge in [-0.2, -0.15) is 4.31 Å². The SMILES string of the molecule is CC1CN(S(=O)(=O)c2ccc(N)cc2[N+](=O)[O-])CCN1C. The fourth-order valence-electron chi connectivity index (χ4n) is 2.27. The molecule has 2 N–H and O–H groups in total. The lowest BCUT2D eigenvalue weighted by molar-refractivity contribution is -0.387. The van der Waals surface area contributed by atoms with Crippen molar-refractivity contribution < 1.29 is 13.3 Å². The number of likely N-dealkylation sites (N-methyl/N-ethyl adjacent to an activating group) is 1. The van der Waals surface area contributed by atoms with E-state index in [0.717, 1.165) is 6.07 Å². The Kier molecular flexibility index (Phi) is 4.17. The Labute approximate surface area is 123 Å². The van der Waals surface area contributed by atoms with Gasteiger partial charge in [0, 0.05) is 37.4 Å². The van der Waals surface area contributed by atoms with Gasteiger partial charge in [0.25, 0.3) is 5.69 Å². The first kappa shape index (κ1) is 15.7. The predicted octanol–water partition coefficient (Wildman–Crippen LogP) is 0.502. The zero-order valence-electron chi connectivity index (χ0n) is 11.9. The van der Waals surface area contributed by atoms with Crippen LogP contribution in [0.5, 0.6) is 0 Å². The van der Waals surface area contributed by atoms with Gasteiger partial charge >= 0.3 is 0 Å². The molecule has 0 spiro atoms. The maximum absolute atomic E-state index is 12.6. The fourth-order valence-corrected chi connectivity index (χ4v) is 3.92. The van der Waals surface area contributed by atoms with Crippen molar-refractivity contribution >= 4 is 21.4 Å². The van der Waals surface area contributed by atoms with E-state index >= 15 is 0 Å². The Morgan fingerprint density at radius 3 is 2.62 bits per heavy atom. The molecule has 1 aliphatic rings. The lowest BCUT2D eigenvalue weighted by Crippen LogP contribution is -2.51. The minimum atomic E-state index is -3.90. The normalized spacial score (nSPS) is 21.3. The molecule has 1 heterocycles. The molecule has 1 aliphatic heterocycles. The van der Waals surface area contributed by atoms with Gasteiger partial charge < -0.3 is 10.6 Å². The van der Waals surface area contributed by atoms with E-state index in [0.29, 0.717) is 19.6 Å². The van der Waals surface area contributed by atoms with Crippen LogP contribution in [-0.2, 0) is 10.0 Å². The molecule has 8 nitrogen and oxygen atoms in total. The zero-order valence-corrected chi connectivity index (χ0v) is 12.7. The summed E-state index contributed by atoms with van der Waals surface area (Å²) in [6.45, 7) is 3.12. The van der Waals surface area contributed by atoms with Crippen LogP contribution >= 0.6 is 0 Å². The van der Waals surface area contributed by atoms with Crippen LogP contribution in [0.15, 0.2) is 23.1 Å². The first-order chi connectivity index (χ1) is 9.73. The van der Waals surface area contributed by atoms with Crippen molar-refractivity contribution in [2.24, 2.45) is 0 Å². The number of nitro benzene ring substituents is 1. The van der Waals surface area contributed by atoms with E-state index < -0.39 is 20.6 Å². The Hall–Kier alpha value is -1.71. The average molecular weight is 314 g/mol. The highest BCUT2D eigenvalue weighted by atomic mass is 32.2. The van der Waals surface area contributed by atoms with Crippen LogP contribution in [0.25, 0.3) is 0 Å². The second-order valence-electron chi connectivity index (χ2n) is 5.18. The molecule has 1 atom stereocenters. The highest BCUT2D eigenvalue weighted by Crippen LogP contribution is 2.29. The standard InChI is InChI=1S/C12H18N4O4S/c1-9-8-15(6-5-14(9)2)21(19,20)12-4-3-10(13)7-11(12)16(17)18/h3-4,7,9H,5-6,8,13H2,1-2H3. The summed E-state index contributed by atoms with van der Waals surface area (Å²) in [7, 11) is -1.98. The van der Waals surface area contributed by atoms with Gasteiger partial charge in [0.15, 0.2) is 4.90 Å². The molecule has 21 heavy (non-hydrogen) atoms. The number of nitrogen functional groups attached to an aromatic ring is 1. The molecular weight excluding hydrogens is 296 g/mol. The van der Waals surface area contributed by atoms with E-state index in [1.807, 2.05) is 18.9 Å². The van der Waals surface area contributed by atoms with E-state index in [1.54, 1.807) is 0 Å². The van der Waals surface area contributed by atoms with Gasteiger partial charge in [-0.05, 0) is 26.1 Å². The minimum absolute atomic E-state index is 0.0568. The monoisotopic (exact) mass is 314 g/mol. The van der Waals surface area contributed by atoms with Crippen LogP contribution in [0.2, 0.25) is 0 Å². The first-order valence-electron chi connectivity index (χ1n) is 6.48. The molecular formula is C12H18N4O4S. The smallest absolute Gasteiger partial charge is 0.291 e. The second-order valence-corrected chi connectivity index (χ2v) is 7.08. The van der Waals surface area contributed by atoms with Crippen LogP contribution in [0.1, 0.15) is 6.92 Å². The number of nitro groups is 1. The molecule has 0 aliphatic carbocycles. The molecule has 0 saturated carbocycles. The van der Waals surface area contributed by atoms with Gasteiger partial charge in [-0.25, -0.2) is 8.42 Å². The van der Waals surface area contributed by atoms with E-state index in [4.69, 9.17) is 5.73 Å². The molecule has 0 bridgehead atoms. The fraction of sp³-hybridized carbons (Fsp3) is 0.500. The summed E-state index contributed by atoms with van der Waals surface area (Å²) < 4.78 is 26.6. The molecule has 1 aromatic rings. The number of nitrogens with two attached hydrogens (primary N) is 1. The predicted molar refractivity (Wildman–Crippen MR) is 78.4 cm³/mol. The molecule has 1 fully saturated rings. The van der Waals surface area contributed by atoms with Gasteiger partial charge in [-0.1, -0.05) is 0 Å². The number of benzene rings is 1. The van der Waals surface area contributed by atoms with Crippen LogP contribution in [-0.4, -0.2) is 55.3 Å². The van der Waals surface area contributed by atoms with E-state index in [9.17, 15) is 18.5 Å². The number of piperazine rings is 1. The van der Waals surface area contributed by atoms with E-state index in [1.165, 1.54) is 16.4 Å². The third kappa shape index (κ3) is 2.99. The number of hydrogen-bond donors (Lipinski definition) is 1. The Bertz CT molecular complexity index is 661. The minimum Gasteiger partial charge on any atom is -0.399 e. The number of rotatable bonds is 3. The molecule has 1 saturated heterocycles. The molecule has 9 heteroatoms. The topological polar surface area (TPSA) is 110 Å². The van der Waals surface area contributed by atoms with Gasteiger partial charge in [0.1, 0.15) is 0 Å². The number of nitrogens with zero attached hydrogens (tertiary/aromatic N) is 3. The molecule has 1 unspecified atom stereocenters. The maximum atomic E-state index is 12.6. The van der Waals surface area contributed by atoms with Crippen LogP contribution < -0.4 is 5.73 Å². The van der Waals surface area contributed by atoms with Crippen molar-refractivity contribution in [1.29, 1.82) is 0 Å². The number of hydrogen-bond acceptors (Lipinski definition) is 6. The molecule has 116 valence electrons. The van der Waals surface area contributed by atoms with Crippen molar-refractivity contribution in [3.8, 4) is 0 Å². The first-order valence-corrected chi connectivity index (χ1v) is 7.92. The van der Waals surface area contributed by atoms with Gasteiger partial charge in [0.2, 0.25) is 10.0 Å². The number of sulfonamides is 1. The number of anilines is 1. The summed E-state index contributed by atoms with van der Waals surface area (Å²) in [6.07, 6.45) is 0. The van der Waals surface area contributed by atoms with Crippen molar-refractivity contribution in [2.75, 3.05) is 32.4 Å². The third-order valence-corrected chi connectivity index (χ3v) is 5.63. The Balaban J connectivity index is 2.43. The lowest BCUT2D eigenvalue weighted by atomic mass is 10.2. The Morgan fingerprint density at radius 1 is 1.38 bits per heavy atom. The summed E-state index contributed by atoms with van der Waals surface area (Å²) in [4.78, 5) is 12.1. The molecule has 0 radical (unpaired) electrons. The van der Waals surface area contributed by atoms with Crippen LogP contribution in [0, 0.1) is 10.1 Å². The summed E-state index contributed by atoms with van der Waals surface area (Å²) in [5.74, 6) is 0. The summed E-state index contributed by atoms with van der Waals surface area (Å²) >= 11 is 0. The van der Waals surface area contributed by atoms with Crippen molar-refractivity contribution in [2.45, 2.75) is 17.9 Å². The zero-order chi connectivity index (χ0) is 15.8. The summed E-state index contributed by atoms with van der Waals surface area (Å²) in [5.41, 5.74) is 5.18. The highest BCUT2D eigenvalue weighted by Gasteiger charge is 2.35. The van der Waals surface area contributed by atoms with Crippen molar-refractivity contribution in [3.63, 3.8) is 0 Å².